The summed E-state index contributed by atoms with van der Waals surface area (Å²) in [4.78, 5) is 15.9. The van der Waals surface area contributed by atoms with Crippen LogP contribution in [0.15, 0.2) is 48.8 Å². The quantitative estimate of drug-likeness (QED) is 0.881. The fourth-order valence-electron chi connectivity index (χ4n) is 1.85. The Bertz CT molecular complexity index is 554. The Labute approximate surface area is 112 Å². The molecular weight excluding hydrogens is 238 g/mol. The number of pyridine rings is 1. The van der Waals surface area contributed by atoms with Gasteiger partial charge in [-0.3, -0.25) is 9.78 Å². The first-order chi connectivity index (χ1) is 9.15. The van der Waals surface area contributed by atoms with Gasteiger partial charge < -0.3 is 11.1 Å². The lowest BCUT2D eigenvalue weighted by molar-refractivity contribution is -0.116. The van der Waals surface area contributed by atoms with Crippen LogP contribution in [-0.2, 0) is 4.79 Å². The van der Waals surface area contributed by atoms with Crippen LogP contribution in [0, 0.1) is 6.92 Å². The van der Waals surface area contributed by atoms with Gasteiger partial charge in [0.15, 0.2) is 0 Å². The fraction of sp³-hybridized carbons (Fsp3) is 0.200. The molecule has 4 heteroatoms. The molecule has 4 nitrogen and oxygen atoms in total. The summed E-state index contributed by atoms with van der Waals surface area (Å²) in [7, 11) is 0. The van der Waals surface area contributed by atoms with Gasteiger partial charge in [0.2, 0.25) is 5.91 Å². The zero-order valence-electron chi connectivity index (χ0n) is 10.8. The molecule has 0 saturated carbocycles. The normalized spacial score (nSPS) is 11.9. The minimum absolute atomic E-state index is 0.108. The minimum Gasteiger partial charge on any atom is -0.325 e. The van der Waals surface area contributed by atoms with E-state index in [9.17, 15) is 4.79 Å². The van der Waals surface area contributed by atoms with E-state index < -0.39 is 0 Å². The molecule has 1 aromatic carbocycles. The third-order valence-electron chi connectivity index (χ3n) is 2.79. The lowest BCUT2D eigenvalue weighted by Crippen LogP contribution is -2.20. The van der Waals surface area contributed by atoms with Crippen molar-refractivity contribution in [3.8, 4) is 0 Å². The van der Waals surface area contributed by atoms with E-state index in [0.29, 0.717) is 5.69 Å². The molecule has 2 aromatic rings. The van der Waals surface area contributed by atoms with Crippen molar-refractivity contribution in [1.82, 2.24) is 4.98 Å². The van der Waals surface area contributed by atoms with Gasteiger partial charge in [0.1, 0.15) is 0 Å². The number of benzene rings is 1. The molecular formula is C15H17N3O. The van der Waals surface area contributed by atoms with Crippen LogP contribution < -0.4 is 11.1 Å². The van der Waals surface area contributed by atoms with Gasteiger partial charge >= 0.3 is 0 Å². The summed E-state index contributed by atoms with van der Waals surface area (Å²) in [6.07, 6.45) is 3.61. The monoisotopic (exact) mass is 255 g/mol. The van der Waals surface area contributed by atoms with Gasteiger partial charge in [0, 0.05) is 18.7 Å². The molecule has 1 atom stereocenters. The van der Waals surface area contributed by atoms with Crippen LogP contribution >= 0.6 is 0 Å². The molecule has 19 heavy (non-hydrogen) atoms. The average Bonchev–Trinajstić information content (AvgIpc) is 2.39. The number of hydrogen-bond donors (Lipinski definition) is 2. The summed E-state index contributed by atoms with van der Waals surface area (Å²) >= 11 is 0. The van der Waals surface area contributed by atoms with Crippen molar-refractivity contribution in [2.24, 2.45) is 5.73 Å². The van der Waals surface area contributed by atoms with Gasteiger partial charge in [-0.05, 0) is 24.1 Å². The summed E-state index contributed by atoms with van der Waals surface area (Å²) in [6, 6.07) is 11.2. The molecule has 2 rings (SSSR count). The third kappa shape index (κ3) is 3.89. The molecule has 0 aliphatic carbocycles. The van der Waals surface area contributed by atoms with Gasteiger partial charge in [0.25, 0.3) is 0 Å². The van der Waals surface area contributed by atoms with E-state index in [1.807, 2.05) is 43.3 Å². The largest absolute Gasteiger partial charge is 0.325 e. The van der Waals surface area contributed by atoms with Crippen molar-refractivity contribution < 1.29 is 4.79 Å². The topological polar surface area (TPSA) is 68.0 Å². The predicted octanol–water partition coefficient (Wildman–Crippen LogP) is 2.42. The first kappa shape index (κ1) is 13.2. The zero-order valence-corrected chi connectivity index (χ0v) is 10.8. The highest BCUT2D eigenvalue weighted by Crippen LogP contribution is 2.15. The molecule has 0 aliphatic heterocycles. The Hall–Kier alpha value is -2.20. The number of aryl methyl sites for hydroxylation is 1. The predicted molar refractivity (Wildman–Crippen MR) is 75.6 cm³/mol. The number of carbonyl (C=O) groups excluding carboxylic acids is 1. The number of carbonyl (C=O) groups is 1. The fourth-order valence-corrected chi connectivity index (χ4v) is 1.85. The Morgan fingerprint density at radius 3 is 2.74 bits per heavy atom. The van der Waals surface area contributed by atoms with Gasteiger partial charge in [-0.2, -0.15) is 0 Å². The minimum atomic E-state index is -0.293. The molecule has 0 radical (unpaired) electrons. The molecule has 0 bridgehead atoms. The molecule has 3 N–H and O–H groups in total. The number of hydrogen-bond acceptors (Lipinski definition) is 3. The van der Waals surface area contributed by atoms with Crippen molar-refractivity contribution >= 4 is 11.6 Å². The van der Waals surface area contributed by atoms with Gasteiger partial charge in [-0.15, -0.1) is 0 Å². The molecule has 0 saturated heterocycles. The average molecular weight is 255 g/mol. The van der Waals surface area contributed by atoms with Crippen LogP contribution in [0.1, 0.15) is 23.6 Å². The smallest absolute Gasteiger partial charge is 0.226 e. The SMILES string of the molecule is Cc1cncc(NC(=O)CC(N)c2ccccc2)c1. The van der Waals surface area contributed by atoms with Crippen LogP contribution in [0.2, 0.25) is 0 Å². The van der Waals surface area contributed by atoms with Gasteiger partial charge in [-0.25, -0.2) is 0 Å². The molecule has 1 amide bonds. The van der Waals surface area contributed by atoms with Crippen molar-refractivity contribution in [1.29, 1.82) is 0 Å². The summed E-state index contributed by atoms with van der Waals surface area (Å²) in [5.41, 5.74) is 8.67. The Morgan fingerprint density at radius 2 is 2.05 bits per heavy atom. The number of rotatable bonds is 4. The standard InChI is InChI=1S/C15H17N3O/c1-11-7-13(10-17-9-11)18-15(19)8-14(16)12-5-3-2-4-6-12/h2-7,9-10,14H,8,16H2,1H3,(H,18,19). The molecule has 0 spiro atoms. The Kier molecular flexibility index (Phi) is 4.26. The van der Waals surface area contributed by atoms with E-state index >= 15 is 0 Å². The maximum Gasteiger partial charge on any atom is 0.226 e. The van der Waals surface area contributed by atoms with E-state index in [-0.39, 0.29) is 18.4 Å². The van der Waals surface area contributed by atoms with Crippen molar-refractivity contribution in [3.63, 3.8) is 0 Å². The summed E-state index contributed by atoms with van der Waals surface area (Å²) in [6.45, 7) is 1.93. The van der Waals surface area contributed by atoms with Crippen LogP contribution in [0.4, 0.5) is 5.69 Å². The molecule has 1 unspecified atom stereocenters. The number of nitrogens with zero attached hydrogens (tertiary/aromatic N) is 1. The first-order valence-corrected chi connectivity index (χ1v) is 6.17. The number of amides is 1. The van der Waals surface area contributed by atoms with Crippen LogP contribution in [0.5, 0.6) is 0 Å². The summed E-state index contributed by atoms with van der Waals surface area (Å²) in [5, 5.41) is 2.80. The second-order valence-electron chi connectivity index (χ2n) is 4.52. The lowest BCUT2D eigenvalue weighted by Gasteiger charge is -2.12. The Morgan fingerprint density at radius 1 is 1.32 bits per heavy atom. The van der Waals surface area contributed by atoms with E-state index in [2.05, 4.69) is 10.3 Å². The maximum absolute atomic E-state index is 11.9. The van der Waals surface area contributed by atoms with Crippen LogP contribution in [-0.4, -0.2) is 10.9 Å². The molecule has 1 aromatic heterocycles. The van der Waals surface area contributed by atoms with Crippen LogP contribution in [0.3, 0.4) is 0 Å². The van der Waals surface area contributed by atoms with Gasteiger partial charge in [0.05, 0.1) is 11.9 Å². The number of aromatic nitrogens is 1. The molecule has 98 valence electrons. The Balaban J connectivity index is 1.95. The van der Waals surface area contributed by atoms with Gasteiger partial charge in [-0.1, -0.05) is 30.3 Å². The third-order valence-corrected chi connectivity index (χ3v) is 2.79. The number of nitrogens with one attached hydrogen (secondary N) is 1. The van der Waals surface area contributed by atoms with Crippen molar-refractivity contribution in [2.45, 2.75) is 19.4 Å². The van der Waals surface area contributed by atoms with E-state index in [1.54, 1.807) is 12.4 Å². The second-order valence-corrected chi connectivity index (χ2v) is 4.52. The molecule has 0 aliphatic rings. The second kappa shape index (κ2) is 6.11. The van der Waals surface area contributed by atoms with Crippen molar-refractivity contribution in [2.75, 3.05) is 5.32 Å². The lowest BCUT2D eigenvalue weighted by atomic mass is 10.0. The highest BCUT2D eigenvalue weighted by atomic mass is 16.1. The summed E-state index contributed by atoms with van der Waals surface area (Å²) in [5.74, 6) is -0.108. The van der Waals surface area contributed by atoms with Crippen molar-refractivity contribution in [3.05, 3.63) is 59.9 Å². The molecule has 1 heterocycles. The van der Waals surface area contributed by atoms with Crippen LogP contribution in [0.25, 0.3) is 0 Å². The highest BCUT2D eigenvalue weighted by Gasteiger charge is 2.11. The maximum atomic E-state index is 11.9. The number of nitrogens with two attached hydrogens (primary N) is 1. The highest BCUT2D eigenvalue weighted by molar-refractivity contribution is 5.91. The van der Waals surface area contributed by atoms with E-state index in [1.165, 1.54) is 0 Å². The first-order valence-electron chi connectivity index (χ1n) is 6.17. The van der Waals surface area contributed by atoms with E-state index in [4.69, 9.17) is 5.73 Å². The molecule has 0 fully saturated rings. The number of anilines is 1. The van der Waals surface area contributed by atoms with E-state index in [0.717, 1.165) is 11.1 Å². The summed E-state index contributed by atoms with van der Waals surface area (Å²) < 4.78 is 0. The zero-order chi connectivity index (χ0) is 13.7.